The van der Waals surface area contributed by atoms with E-state index in [2.05, 4.69) is 41.7 Å². The van der Waals surface area contributed by atoms with E-state index in [1.165, 1.54) is 0 Å². The highest BCUT2D eigenvalue weighted by Crippen LogP contribution is 2.33. The first-order valence-corrected chi connectivity index (χ1v) is 9.80. The van der Waals surface area contributed by atoms with Gasteiger partial charge in [0.15, 0.2) is 10.2 Å². The van der Waals surface area contributed by atoms with Crippen molar-refractivity contribution in [1.82, 2.24) is 21.3 Å². The lowest BCUT2D eigenvalue weighted by Crippen LogP contribution is -2.57. The molecule has 4 amide bonds. The normalized spacial score (nSPS) is 18.2. The SMILES string of the molecule is O=C1NC(=S)NC(=O)C1N=Nc1cccc2c(N=NC3C(=O)NC(=S)NC3=O)cccc12. The Labute approximate surface area is 189 Å². The Balaban J connectivity index is 1.63. The lowest BCUT2D eigenvalue weighted by Gasteiger charge is -2.18. The first-order valence-electron chi connectivity index (χ1n) is 8.98. The van der Waals surface area contributed by atoms with E-state index in [1.807, 2.05) is 0 Å². The maximum atomic E-state index is 11.9. The molecule has 0 spiro atoms. The first kappa shape index (κ1) is 21.2. The summed E-state index contributed by atoms with van der Waals surface area (Å²) in [6, 6.07) is 7.32. The van der Waals surface area contributed by atoms with Crippen LogP contribution in [0.3, 0.4) is 0 Å². The standard InChI is InChI=1S/C18H12N8O4S2/c27-13-11(14(28)20-17(31)19-13)25-23-9-5-1-3-7-8(9)4-2-6-10(7)24-26-12-15(29)21-18(32)22-16(12)30/h1-6,11-12H,(H2,19,20,27,28,31)(H2,21,22,29,30,32). The molecule has 0 saturated carbocycles. The monoisotopic (exact) mass is 468 g/mol. The molecule has 4 N–H and O–H groups in total. The second-order valence-corrected chi connectivity index (χ2v) is 7.32. The van der Waals surface area contributed by atoms with Gasteiger partial charge in [0, 0.05) is 10.8 Å². The second kappa shape index (κ2) is 8.60. The number of carbonyl (C=O) groups excluding carboxylic acids is 4. The van der Waals surface area contributed by atoms with Crippen molar-refractivity contribution in [1.29, 1.82) is 0 Å². The third-order valence-corrected chi connectivity index (χ3v) is 4.79. The molecule has 0 atom stereocenters. The number of hydrogen-bond acceptors (Lipinski definition) is 10. The smallest absolute Gasteiger partial charge is 0.262 e. The highest BCUT2D eigenvalue weighted by atomic mass is 32.1. The average molecular weight is 468 g/mol. The molecule has 2 fully saturated rings. The third-order valence-electron chi connectivity index (χ3n) is 4.38. The van der Waals surface area contributed by atoms with E-state index in [-0.39, 0.29) is 10.2 Å². The molecule has 14 heteroatoms. The van der Waals surface area contributed by atoms with Gasteiger partial charge in [-0.25, -0.2) is 0 Å². The van der Waals surface area contributed by atoms with Crippen LogP contribution in [0, 0.1) is 0 Å². The van der Waals surface area contributed by atoms with Crippen molar-refractivity contribution in [3.63, 3.8) is 0 Å². The summed E-state index contributed by atoms with van der Waals surface area (Å²) in [5.74, 6) is -2.72. The van der Waals surface area contributed by atoms with Gasteiger partial charge >= 0.3 is 0 Å². The molecule has 0 bridgehead atoms. The molecule has 12 nitrogen and oxygen atoms in total. The van der Waals surface area contributed by atoms with Crippen LogP contribution in [-0.2, 0) is 19.2 Å². The summed E-state index contributed by atoms with van der Waals surface area (Å²) in [6.07, 6.45) is 0. The molecule has 0 unspecified atom stereocenters. The second-order valence-electron chi connectivity index (χ2n) is 6.50. The lowest BCUT2D eigenvalue weighted by molar-refractivity contribution is -0.132. The molecule has 32 heavy (non-hydrogen) atoms. The van der Waals surface area contributed by atoms with Crippen LogP contribution in [0.1, 0.15) is 0 Å². The number of azo groups is 2. The topological polar surface area (TPSA) is 166 Å². The molecule has 0 aromatic heterocycles. The van der Waals surface area contributed by atoms with Crippen LogP contribution in [0.5, 0.6) is 0 Å². The summed E-state index contributed by atoms with van der Waals surface area (Å²) in [6.45, 7) is 0. The van der Waals surface area contributed by atoms with E-state index < -0.39 is 35.7 Å². The van der Waals surface area contributed by atoms with Crippen molar-refractivity contribution in [2.24, 2.45) is 20.5 Å². The Morgan fingerprint density at radius 3 is 1.28 bits per heavy atom. The minimum absolute atomic E-state index is 0.0891. The Bertz CT molecular complexity index is 1140. The Kier molecular flexibility index (Phi) is 5.70. The van der Waals surface area contributed by atoms with Gasteiger partial charge in [0.2, 0.25) is 12.1 Å². The summed E-state index contributed by atoms with van der Waals surface area (Å²) in [5.41, 5.74) is 0.735. The Morgan fingerprint density at radius 1 is 0.594 bits per heavy atom. The minimum Gasteiger partial charge on any atom is -0.300 e. The Morgan fingerprint density at radius 2 is 0.938 bits per heavy atom. The highest BCUT2D eigenvalue weighted by Gasteiger charge is 2.33. The van der Waals surface area contributed by atoms with Gasteiger partial charge in [0.05, 0.1) is 11.4 Å². The average Bonchev–Trinajstić information content (AvgIpc) is 2.72. The van der Waals surface area contributed by atoms with Gasteiger partial charge < -0.3 is 21.3 Å². The zero-order valence-electron chi connectivity index (χ0n) is 15.9. The van der Waals surface area contributed by atoms with Crippen molar-refractivity contribution in [2.45, 2.75) is 12.1 Å². The van der Waals surface area contributed by atoms with Gasteiger partial charge in [-0.3, -0.25) is 19.2 Å². The van der Waals surface area contributed by atoms with Crippen LogP contribution in [-0.4, -0.2) is 45.9 Å². The first-order chi connectivity index (χ1) is 15.3. The fraction of sp³-hybridized carbons (Fsp3) is 0.111. The largest absolute Gasteiger partial charge is 0.300 e. The van der Waals surface area contributed by atoms with Crippen molar-refractivity contribution in [2.75, 3.05) is 0 Å². The number of hydrogen-bond donors (Lipinski definition) is 4. The summed E-state index contributed by atoms with van der Waals surface area (Å²) < 4.78 is 0. The maximum absolute atomic E-state index is 11.9. The van der Waals surface area contributed by atoms with E-state index in [9.17, 15) is 19.2 Å². The van der Waals surface area contributed by atoms with Crippen molar-refractivity contribution in [3.8, 4) is 0 Å². The highest BCUT2D eigenvalue weighted by molar-refractivity contribution is 7.80. The number of thiocarbonyl (C=S) groups is 2. The fourth-order valence-corrected chi connectivity index (χ4v) is 3.32. The predicted molar refractivity (Wildman–Crippen MR) is 118 cm³/mol. The van der Waals surface area contributed by atoms with Crippen molar-refractivity contribution in [3.05, 3.63) is 36.4 Å². The lowest BCUT2D eigenvalue weighted by atomic mass is 10.1. The minimum atomic E-state index is -1.38. The molecule has 160 valence electrons. The molecule has 2 heterocycles. The molecule has 2 aliphatic rings. The number of nitrogens with zero attached hydrogens (tertiary/aromatic N) is 4. The van der Waals surface area contributed by atoms with Crippen LogP contribution < -0.4 is 21.3 Å². The summed E-state index contributed by atoms with van der Waals surface area (Å²) in [4.78, 5) is 47.8. The van der Waals surface area contributed by atoms with E-state index in [0.717, 1.165) is 0 Å². The number of nitrogens with one attached hydrogen (secondary N) is 4. The van der Waals surface area contributed by atoms with Crippen LogP contribution >= 0.6 is 24.4 Å². The van der Waals surface area contributed by atoms with Gasteiger partial charge in [-0.05, 0) is 36.6 Å². The molecule has 2 aromatic carbocycles. The number of rotatable bonds is 4. The van der Waals surface area contributed by atoms with Gasteiger partial charge in [-0.15, -0.1) is 0 Å². The number of carbonyl (C=O) groups is 4. The van der Waals surface area contributed by atoms with Gasteiger partial charge in [0.25, 0.3) is 23.6 Å². The van der Waals surface area contributed by atoms with E-state index >= 15 is 0 Å². The number of benzene rings is 2. The Hall–Kier alpha value is -4.04. The number of amides is 4. The van der Waals surface area contributed by atoms with Crippen LogP contribution in [0.15, 0.2) is 56.9 Å². The van der Waals surface area contributed by atoms with E-state index in [1.54, 1.807) is 36.4 Å². The molecule has 4 rings (SSSR count). The molecule has 2 saturated heterocycles. The molecular weight excluding hydrogens is 456 g/mol. The third kappa shape index (κ3) is 4.21. The summed E-state index contributed by atoms with van der Waals surface area (Å²) in [7, 11) is 0. The summed E-state index contributed by atoms with van der Waals surface area (Å²) in [5, 5.41) is 26.0. The molecule has 2 aromatic rings. The van der Waals surface area contributed by atoms with Crippen LogP contribution in [0.2, 0.25) is 0 Å². The van der Waals surface area contributed by atoms with Crippen molar-refractivity contribution < 1.29 is 19.2 Å². The van der Waals surface area contributed by atoms with Crippen LogP contribution in [0.25, 0.3) is 10.8 Å². The molecule has 0 aliphatic carbocycles. The fourth-order valence-electron chi connectivity index (χ4n) is 2.92. The quantitative estimate of drug-likeness (QED) is 0.294. The van der Waals surface area contributed by atoms with Gasteiger partial charge in [-0.1, -0.05) is 24.3 Å². The number of fused-ring (bicyclic) bond motifs is 1. The van der Waals surface area contributed by atoms with Gasteiger partial charge in [0.1, 0.15) is 0 Å². The van der Waals surface area contributed by atoms with E-state index in [4.69, 9.17) is 24.4 Å². The predicted octanol–water partition coefficient (Wildman–Crippen LogP) is 0.806. The zero-order chi connectivity index (χ0) is 22.8. The van der Waals surface area contributed by atoms with Crippen LogP contribution in [0.4, 0.5) is 11.4 Å². The van der Waals surface area contributed by atoms with Crippen molar-refractivity contribution >= 4 is 80.4 Å². The van der Waals surface area contributed by atoms with E-state index in [0.29, 0.717) is 22.1 Å². The van der Waals surface area contributed by atoms with Gasteiger partial charge in [-0.2, -0.15) is 20.5 Å². The molecule has 0 radical (unpaired) electrons. The maximum Gasteiger partial charge on any atom is 0.262 e. The molecule has 2 aliphatic heterocycles. The summed E-state index contributed by atoms with van der Waals surface area (Å²) >= 11 is 9.50. The molecular formula is C18H12N8O4S2. The zero-order valence-corrected chi connectivity index (χ0v) is 17.5.